The highest BCUT2D eigenvalue weighted by Crippen LogP contribution is 2.21. The van der Waals surface area contributed by atoms with Gasteiger partial charge in [-0.3, -0.25) is 9.78 Å². The number of pyridine rings is 1. The number of rotatable bonds is 6. The Labute approximate surface area is 149 Å². The number of carbonyl (C=O) groups is 1. The summed E-state index contributed by atoms with van der Waals surface area (Å²) in [6.45, 7) is 2.16. The highest BCUT2D eigenvalue weighted by molar-refractivity contribution is 5.90. The van der Waals surface area contributed by atoms with Crippen LogP contribution in [0, 0.1) is 0 Å². The minimum atomic E-state index is 0.00726. The van der Waals surface area contributed by atoms with Gasteiger partial charge >= 0.3 is 0 Å². The number of benzene rings is 1. The fourth-order valence-electron chi connectivity index (χ4n) is 2.94. The molecule has 1 aliphatic rings. The zero-order valence-corrected chi connectivity index (χ0v) is 14.6. The van der Waals surface area contributed by atoms with E-state index in [-0.39, 0.29) is 12.0 Å². The first-order valence-electron chi connectivity index (χ1n) is 8.83. The smallest absolute Gasteiger partial charge is 0.224 e. The quantitative estimate of drug-likeness (QED) is 0.878. The maximum Gasteiger partial charge on any atom is 0.224 e. The topological polar surface area (TPSA) is 54.5 Å². The van der Waals surface area contributed by atoms with Gasteiger partial charge in [-0.2, -0.15) is 0 Å². The lowest BCUT2D eigenvalue weighted by Crippen LogP contribution is -2.35. The van der Waals surface area contributed by atoms with Crippen molar-refractivity contribution in [2.45, 2.75) is 31.8 Å². The van der Waals surface area contributed by atoms with Gasteiger partial charge in [-0.25, -0.2) is 0 Å². The molecule has 1 aromatic heterocycles. The minimum absolute atomic E-state index is 0.00726. The molecule has 1 aliphatic heterocycles. The SMILES string of the molecule is CN1CCC(Oc2ccc(NC(=O)CCc3cccnc3)cc2)CC1. The summed E-state index contributed by atoms with van der Waals surface area (Å²) in [7, 11) is 2.14. The molecule has 2 aromatic rings. The Morgan fingerprint density at radius 1 is 1.24 bits per heavy atom. The van der Waals surface area contributed by atoms with Gasteiger partial charge in [0, 0.05) is 37.6 Å². The number of aromatic nitrogens is 1. The lowest BCUT2D eigenvalue weighted by Gasteiger charge is -2.29. The van der Waals surface area contributed by atoms with Crippen LogP contribution < -0.4 is 10.1 Å². The van der Waals surface area contributed by atoms with E-state index in [2.05, 4.69) is 22.2 Å². The molecule has 132 valence electrons. The van der Waals surface area contributed by atoms with E-state index in [0.29, 0.717) is 12.8 Å². The van der Waals surface area contributed by atoms with E-state index < -0.39 is 0 Å². The van der Waals surface area contributed by atoms with Crippen LogP contribution in [0.25, 0.3) is 0 Å². The third kappa shape index (κ3) is 5.57. The standard InChI is InChI=1S/C20H25N3O2/c1-23-13-10-19(11-14-23)25-18-7-5-17(6-8-18)22-20(24)9-4-16-3-2-12-21-15-16/h2-3,5-8,12,15,19H,4,9-11,13-14H2,1H3,(H,22,24). The van der Waals surface area contributed by atoms with E-state index in [1.807, 2.05) is 36.4 Å². The van der Waals surface area contributed by atoms with E-state index in [9.17, 15) is 4.79 Å². The summed E-state index contributed by atoms with van der Waals surface area (Å²) < 4.78 is 6.02. The number of hydrogen-bond donors (Lipinski definition) is 1. The zero-order valence-electron chi connectivity index (χ0n) is 14.6. The first-order chi connectivity index (χ1) is 12.2. The Balaban J connectivity index is 1.44. The first kappa shape index (κ1) is 17.4. The summed E-state index contributed by atoms with van der Waals surface area (Å²) in [5.41, 5.74) is 1.87. The van der Waals surface area contributed by atoms with Crippen LogP contribution in [0.1, 0.15) is 24.8 Å². The van der Waals surface area contributed by atoms with Gasteiger partial charge in [0.25, 0.3) is 0 Å². The number of aryl methyl sites for hydroxylation is 1. The maximum absolute atomic E-state index is 12.1. The molecule has 1 aromatic carbocycles. The maximum atomic E-state index is 12.1. The van der Waals surface area contributed by atoms with Gasteiger partial charge in [-0.05, 0) is 62.2 Å². The van der Waals surface area contributed by atoms with E-state index in [4.69, 9.17) is 4.74 Å². The van der Waals surface area contributed by atoms with Crippen molar-refractivity contribution in [2.75, 3.05) is 25.5 Å². The van der Waals surface area contributed by atoms with Crippen LogP contribution in [0.4, 0.5) is 5.69 Å². The number of anilines is 1. The normalized spacial score (nSPS) is 15.7. The van der Waals surface area contributed by atoms with Gasteiger partial charge < -0.3 is 15.0 Å². The molecule has 1 amide bonds. The number of carbonyl (C=O) groups excluding carboxylic acids is 1. The summed E-state index contributed by atoms with van der Waals surface area (Å²) in [6.07, 6.45) is 7.07. The molecule has 0 bridgehead atoms. The van der Waals surface area contributed by atoms with Crippen LogP contribution in [0.5, 0.6) is 5.75 Å². The predicted octanol–water partition coefficient (Wildman–Crippen LogP) is 3.13. The average molecular weight is 339 g/mol. The molecule has 1 fully saturated rings. The molecule has 2 heterocycles. The highest BCUT2D eigenvalue weighted by atomic mass is 16.5. The van der Waals surface area contributed by atoms with Crippen molar-refractivity contribution in [3.8, 4) is 5.75 Å². The monoisotopic (exact) mass is 339 g/mol. The number of nitrogens with zero attached hydrogens (tertiary/aromatic N) is 2. The van der Waals surface area contributed by atoms with Crippen molar-refractivity contribution in [2.24, 2.45) is 0 Å². The Morgan fingerprint density at radius 3 is 2.68 bits per heavy atom. The molecular formula is C20H25N3O2. The summed E-state index contributed by atoms with van der Waals surface area (Å²) in [6, 6.07) is 11.5. The molecule has 0 aliphatic carbocycles. The molecule has 3 rings (SSSR count). The third-order valence-electron chi connectivity index (χ3n) is 4.47. The van der Waals surface area contributed by atoms with E-state index in [1.165, 1.54) is 0 Å². The largest absolute Gasteiger partial charge is 0.490 e. The number of piperidine rings is 1. The molecule has 0 atom stereocenters. The second-order valence-corrected chi connectivity index (χ2v) is 6.55. The molecular weight excluding hydrogens is 314 g/mol. The summed E-state index contributed by atoms with van der Waals surface area (Å²) in [4.78, 5) is 18.4. The Kier molecular flexibility index (Phi) is 6.01. The van der Waals surface area contributed by atoms with Crippen LogP contribution in [-0.2, 0) is 11.2 Å². The third-order valence-corrected chi connectivity index (χ3v) is 4.47. The van der Waals surface area contributed by atoms with Crippen LogP contribution in [0.15, 0.2) is 48.8 Å². The lowest BCUT2D eigenvalue weighted by atomic mass is 10.1. The van der Waals surface area contributed by atoms with Gasteiger partial charge in [-0.15, -0.1) is 0 Å². The van der Waals surface area contributed by atoms with Crippen molar-refractivity contribution in [1.82, 2.24) is 9.88 Å². The molecule has 0 radical (unpaired) electrons. The van der Waals surface area contributed by atoms with E-state index in [1.54, 1.807) is 12.4 Å². The van der Waals surface area contributed by atoms with Gasteiger partial charge in [0.2, 0.25) is 5.91 Å². The van der Waals surface area contributed by atoms with Gasteiger partial charge in [0.15, 0.2) is 0 Å². The minimum Gasteiger partial charge on any atom is -0.490 e. The lowest BCUT2D eigenvalue weighted by molar-refractivity contribution is -0.116. The highest BCUT2D eigenvalue weighted by Gasteiger charge is 2.17. The summed E-state index contributed by atoms with van der Waals surface area (Å²) in [5, 5.41) is 2.93. The molecule has 25 heavy (non-hydrogen) atoms. The molecule has 0 spiro atoms. The summed E-state index contributed by atoms with van der Waals surface area (Å²) >= 11 is 0. The summed E-state index contributed by atoms with van der Waals surface area (Å²) in [5.74, 6) is 0.871. The number of likely N-dealkylation sites (tertiary alicyclic amines) is 1. The van der Waals surface area contributed by atoms with E-state index in [0.717, 1.165) is 42.9 Å². The number of amides is 1. The predicted molar refractivity (Wildman–Crippen MR) is 98.8 cm³/mol. The van der Waals surface area contributed by atoms with Crippen molar-refractivity contribution >= 4 is 11.6 Å². The fourth-order valence-corrected chi connectivity index (χ4v) is 2.94. The zero-order chi connectivity index (χ0) is 17.5. The Bertz CT molecular complexity index is 665. The van der Waals surface area contributed by atoms with Crippen LogP contribution >= 0.6 is 0 Å². The number of nitrogens with one attached hydrogen (secondary N) is 1. The molecule has 5 nitrogen and oxygen atoms in total. The van der Waals surface area contributed by atoms with Crippen molar-refractivity contribution in [3.63, 3.8) is 0 Å². The molecule has 0 unspecified atom stereocenters. The number of ether oxygens (including phenoxy) is 1. The van der Waals surface area contributed by atoms with Gasteiger partial charge in [0.1, 0.15) is 11.9 Å². The Hall–Kier alpha value is -2.40. The van der Waals surface area contributed by atoms with Crippen LogP contribution in [0.2, 0.25) is 0 Å². The van der Waals surface area contributed by atoms with Gasteiger partial charge in [0.05, 0.1) is 0 Å². The Morgan fingerprint density at radius 2 is 2.00 bits per heavy atom. The fraction of sp³-hybridized carbons (Fsp3) is 0.400. The molecule has 1 saturated heterocycles. The van der Waals surface area contributed by atoms with Crippen molar-refractivity contribution < 1.29 is 9.53 Å². The van der Waals surface area contributed by atoms with E-state index >= 15 is 0 Å². The van der Waals surface area contributed by atoms with Crippen molar-refractivity contribution in [1.29, 1.82) is 0 Å². The molecule has 1 N–H and O–H groups in total. The first-order valence-corrected chi connectivity index (χ1v) is 8.83. The average Bonchev–Trinajstić information content (AvgIpc) is 2.64. The molecule has 0 saturated carbocycles. The molecule has 5 heteroatoms. The van der Waals surface area contributed by atoms with Gasteiger partial charge in [-0.1, -0.05) is 6.07 Å². The van der Waals surface area contributed by atoms with Crippen LogP contribution in [0.3, 0.4) is 0 Å². The van der Waals surface area contributed by atoms with Crippen molar-refractivity contribution in [3.05, 3.63) is 54.4 Å². The van der Waals surface area contributed by atoms with Crippen LogP contribution in [-0.4, -0.2) is 42.0 Å². The second-order valence-electron chi connectivity index (χ2n) is 6.55. The number of hydrogen-bond acceptors (Lipinski definition) is 4. The second kappa shape index (κ2) is 8.62.